The Balaban J connectivity index is 2.78. The third kappa shape index (κ3) is 1.90. The zero-order chi connectivity index (χ0) is 8.97. The average molecular weight is 165 g/mol. The zero-order valence-corrected chi connectivity index (χ0v) is 6.59. The van der Waals surface area contributed by atoms with Gasteiger partial charge in [0.2, 0.25) is 0 Å². The van der Waals surface area contributed by atoms with Crippen LogP contribution in [0.25, 0.3) is 0 Å². The molecule has 1 aromatic rings. The van der Waals surface area contributed by atoms with Crippen LogP contribution in [0.4, 0.5) is 0 Å². The van der Waals surface area contributed by atoms with Gasteiger partial charge >= 0.3 is 0 Å². The van der Waals surface area contributed by atoms with E-state index in [1.807, 2.05) is 0 Å². The lowest BCUT2D eigenvalue weighted by Crippen LogP contribution is -2.14. The van der Waals surface area contributed by atoms with Gasteiger partial charge in [-0.1, -0.05) is 12.1 Å². The Morgan fingerprint density at radius 2 is 2.25 bits per heavy atom. The lowest BCUT2D eigenvalue weighted by atomic mass is 10.1. The van der Waals surface area contributed by atoms with Gasteiger partial charge < -0.3 is 10.2 Å². The summed E-state index contributed by atoms with van der Waals surface area (Å²) in [6.07, 6.45) is 2.54. The molecule has 1 heterocycles. The summed E-state index contributed by atoms with van der Waals surface area (Å²) in [5, 5.41) is 18.6. The van der Waals surface area contributed by atoms with Crippen molar-refractivity contribution < 1.29 is 10.2 Å². The average Bonchev–Trinajstić information content (AvgIpc) is 2.17. The Labute approximate surface area is 71.0 Å². The van der Waals surface area contributed by atoms with Crippen molar-refractivity contribution in [2.24, 2.45) is 0 Å². The molecule has 0 saturated carbocycles. The molecule has 0 bridgehead atoms. The van der Waals surface area contributed by atoms with E-state index < -0.39 is 12.2 Å². The molecule has 12 heavy (non-hydrogen) atoms. The fourth-order valence-corrected chi connectivity index (χ4v) is 0.877. The van der Waals surface area contributed by atoms with Crippen molar-refractivity contribution >= 4 is 0 Å². The summed E-state index contributed by atoms with van der Waals surface area (Å²) < 4.78 is 0. The van der Waals surface area contributed by atoms with E-state index in [1.54, 1.807) is 18.3 Å². The standard InChI is InChI=1S/C9H11NO2/c1-2-8(11)9(12)7-4-3-5-10-6-7/h2-6,8-9,11-12H,1H2/t8-,9+/m1/s1. The summed E-state index contributed by atoms with van der Waals surface area (Å²) in [5.74, 6) is 0. The van der Waals surface area contributed by atoms with Crippen LogP contribution in [0.1, 0.15) is 11.7 Å². The van der Waals surface area contributed by atoms with Gasteiger partial charge in [0.1, 0.15) is 12.2 Å². The first-order chi connectivity index (χ1) is 5.75. The Kier molecular flexibility index (Phi) is 2.96. The van der Waals surface area contributed by atoms with Gasteiger partial charge in [0.05, 0.1) is 0 Å². The summed E-state index contributed by atoms with van der Waals surface area (Å²) >= 11 is 0. The van der Waals surface area contributed by atoms with Crippen LogP contribution in [0, 0.1) is 0 Å². The summed E-state index contributed by atoms with van der Waals surface area (Å²) in [6, 6.07) is 3.40. The molecule has 0 unspecified atom stereocenters. The first kappa shape index (κ1) is 8.90. The predicted octanol–water partition coefficient (Wildman–Crippen LogP) is 0.662. The Bertz CT molecular complexity index is 248. The minimum atomic E-state index is -0.936. The molecule has 0 radical (unpaired) electrons. The van der Waals surface area contributed by atoms with Crippen LogP contribution in [0.5, 0.6) is 0 Å². The smallest absolute Gasteiger partial charge is 0.110 e. The van der Waals surface area contributed by atoms with E-state index in [-0.39, 0.29) is 0 Å². The van der Waals surface area contributed by atoms with Gasteiger partial charge in [-0.15, -0.1) is 6.58 Å². The number of hydrogen-bond acceptors (Lipinski definition) is 3. The Hall–Kier alpha value is -1.19. The van der Waals surface area contributed by atoms with Gasteiger partial charge in [-0.05, 0) is 6.07 Å². The van der Waals surface area contributed by atoms with Crippen LogP contribution in [0.3, 0.4) is 0 Å². The number of nitrogens with zero attached hydrogens (tertiary/aromatic N) is 1. The summed E-state index contributed by atoms with van der Waals surface area (Å²) in [5.41, 5.74) is 0.588. The van der Waals surface area contributed by atoms with E-state index in [2.05, 4.69) is 11.6 Å². The third-order valence-corrected chi connectivity index (χ3v) is 1.59. The van der Waals surface area contributed by atoms with Gasteiger partial charge in [-0.2, -0.15) is 0 Å². The lowest BCUT2D eigenvalue weighted by molar-refractivity contribution is 0.0482. The number of aliphatic hydroxyl groups is 2. The maximum atomic E-state index is 9.43. The van der Waals surface area contributed by atoms with Crippen LogP contribution in [0.15, 0.2) is 37.2 Å². The van der Waals surface area contributed by atoms with Gasteiger partial charge in [-0.25, -0.2) is 0 Å². The maximum Gasteiger partial charge on any atom is 0.110 e. The van der Waals surface area contributed by atoms with Crippen molar-refractivity contribution in [3.8, 4) is 0 Å². The molecule has 1 aromatic heterocycles. The first-order valence-corrected chi connectivity index (χ1v) is 3.64. The van der Waals surface area contributed by atoms with Crippen molar-refractivity contribution in [1.29, 1.82) is 0 Å². The monoisotopic (exact) mass is 165 g/mol. The van der Waals surface area contributed by atoms with Crippen molar-refractivity contribution in [2.75, 3.05) is 0 Å². The molecule has 0 spiro atoms. The second-order valence-electron chi connectivity index (χ2n) is 2.46. The second-order valence-corrected chi connectivity index (χ2v) is 2.46. The van der Waals surface area contributed by atoms with Crippen LogP contribution in [-0.4, -0.2) is 21.3 Å². The summed E-state index contributed by atoms with van der Waals surface area (Å²) in [6.45, 7) is 3.38. The van der Waals surface area contributed by atoms with Crippen LogP contribution < -0.4 is 0 Å². The molecule has 0 aliphatic heterocycles. The minimum absolute atomic E-state index is 0.588. The van der Waals surface area contributed by atoms with Crippen LogP contribution in [0.2, 0.25) is 0 Å². The molecule has 0 amide bonds. The molecule has 0 fully saturated rings. The number of rotatable bonds is 3. The lowest BCUT2D eigenvalue weighted by Gasteiger charge is -2.13. The third-order valence-electron chi connectivity index (χ3n) is 1.59. The number of aromatic nitrogens is 1. The molecule has 3 heteroatoms. The topological polar surface area (TPSA) is 53.4 Å². The first-order valence-electron chi connectivity index (χ1n) is 3.64. The van der Waals surface area contributed by atoms with Crippen LogP contribution in [-0.2, 0) is 0 Å². The van der Waals surface area contributed by atoms with Gasteiger partial charge in [0.15, 0.2) is 0 Å². The van der Waals surface area contributed by atoms with E-state index in [9.17, 15) is 10.2 Å². The van der Waals surface area contributed by atoms with Crippen molar-refractivity contribution in [1.82, 2.24) is 4.98 Å². The highest BCUT2D eigenvalue weighted by Gasteiger charge is 2.14. The molecule has 2 N–H and O–H groups in total. The summed E-state index contributed by atoms with van der Waals surface area (Å²) in [4.78, 5) is 3.82. The van der Waals surface area contributed by atoms with Gasteiger partial charge in [0, 0.05) is 18.0 Å². The number of pyridine rings is 1. The van der Waals surface area contributed by atoms with Crippen molar-refractivity contribution in [3.63, 3.8) is 0 Å². The van der Waals surface area contributed by atoms with Crippen LogP contribution >= 0.6 is 0 Å². The number of aliphatic hydroxyl groups excluding tert-OH is 2. The largest absolute Gasteiger partial charge is 0.386 e. The van der Waals surface area contributed by atoms with Crippen molar-refractivity contribution in [3.05, 3.63) is 42.7 Å². The molecule has 0 aromatic carbocycles. The highest BCUT2D eigenvalue weighted by molar-refractivity contribution is 5.14. The molecule has 2 atom stereocenters. The van der Waals surface area contributed by atoms with E-state index in [0.29, 0.717) is 5.56 Å². The molecule has 0 aliphatic carbocycles. The van der Waals surface area contributed by atoms with Gasteiger partial charge in [0.25, 0.3) is 0 Å². The van der Waals surface area contributed by atoms with E-state index in [1.165, 1.54) is 12.3 Å². The van der Waals surface area contributed by atoms with E-state index in [4.69, 9.17) is 0 Å². The van der Waals surface area contributed by atoms with Crippen molar-refractivity contribution in [2.45, 2.75) is 12.2 Å². The fourth-order valence-electron chi connectivity index (χ4n) is 0.877. The molecule has 1 rings (SSSR count). The Morgan fingerprint density at radius 1 is 1.50 bits per heavy atom. The highest BCUT2D eigenvalue weighted by atomic mass is 16.3. The number of hydrogen-bond donors (Lipinski definition) is 2. The zero-order valence-electron chi connectivity index (χ0n) is 6.59. The predicted molar refractivity (Wildman–Crippen MR) is 45.4 cm³/mol. The highest BCUT2D eigenvalue weighted by Crippen LogP contribution is 2.15. The molecule has 64 valence electrons. The van der Waals surface area contributed by atoms with Gasteiger partial charge in [-0.3, -0.25) is 4.98 Å². The summed E-state index contributed by atoms with van der Waals surface area (Å²) in [7, 11) is 0. The molecular formula is C9H11NO2. The van der Waals surface area contributed by atoms with E-state index >= 15 is 0 Å². The minimum Gasteiger partial charge on any atom is -0.386 e. The fraction of sp³-hybridized carbons (Fsp3) is 0.222. The van der Waals surface area contributed by atoms with E-state index in [0.717, 1.165) is 0 Å². The molecule has 0 aliphatic rings. The molecule has 0 saturated heterocycles. The Morgan fingerprint density at radius 3 is 2.75 bits per heavy atom. The second kappa shape index (κ2) is 3.99. The SMILES string of the molecule is C=C[C@@H](O)[C@@H](O)c1cccnc1. The quantitative estimate of drug-likeness (QED) is 0.647. The molecule has 3 nitrogen and oxygen atoms in total. The normalized spacial score (nSPS) is 15.2. The maximum absolute atomic E-state index is 9.43. The molecular weight excluding hydrogens is 154 g/mol.